The molecular weight excluding hydrogens is 158 g/mol. The molecule has 0 aliphatic carbocycles. The van der Waals surface area contributed by atoms with Crippen LogP contribution in [0.15, 0.2) is 0 Å². The molecule has 2 N–H and O–H groups in total. The van der Waals surface area contributed by atoms with Gasteiger partial charge in [-0.3, -0.25) is 4.79 Å². The number of nitrogens with one attached hydrogen (secondary N) is 1. The van der Waals surface area contributed by atoms with Crippen LogP contribution < -0.4 is 5.32 Å². The van der Waals surface area contributed by atoms with Crippen LogP contribution >= 0.6 is 0 Å². The van der Waals surface area contributed by atoms with E-state index >= 15 is 0 Å². The molecule has 0 spiro atoms. The van der Waals surface area contributed by atoms with Gasteiger partial charge < -0.3 is 15.2 Å². The summed E-state index contributed by atoms with van der Waals surface area (Å²) in [5.74, 6) is -0.864. The van der Waals surface area contributed by atoms with Gasteiger partial charge in [-0.05, 0) is 19.9 Å². The van der Waals surface area contributed by atoms with Crippen molar-refractivity contribution in [1.82, 2.24) is 5.32 Å². The van der Waals surface area contributed by atoms with Crippen molar-refractivity contribution < 1.29 is 14.7 Å². The SMILES string of the molecule is CCNC(CCC(C)=O)C(=O)O. The molecule has 0 rings (SSSR count). The highest BCUT2D eigenvalue weighted by atomic mass is 16.4. The molecule has 0 heterocycles. The van der Waals surface area contributed by atoms with Gasteiger partial charge in [-0.15, -0.1) is 0 Å². The van der Waals surface area contributed by atoms with Crippen LogP contribution in [0.3, 0.4) is 0 Å². The summed E-state index contributed by atoms with van der Waals surface area (Å²) in [6, 6.07) is -0.584. The van der Waals surface area contributed by atoms with Crippen molar-refractivity contribution in [3.8, 4) is 0 Å². The molecule has 0 aromatic rings. The van der Waals surface area contributed by atoms with Crippen molar-refractivity contribution in [3.63, 3.8) is 0 Å². The largest absolute Gasteiger partial charge is 0.480 e. The zero-order chi connectivity index (χ0) is 9.56. The maximum atomic E-state index is 10.6. The Morgan fingerprint density at radius 3 is 2.42 bits per heavy atom. The molecule has 0 amide bonds. The Hall–Kier alpha value is -0.900. The Morgan fingerprint density at radius 1 is 1.50 bits per heavy atom. The lowest BCUT2D eigenvalue weighted by molar-refractivity contribution is -0.139. The summed E-state index contributed by atoms with van der Waals surface area (Å²) in [4.78, 5) is 21.1. The third kappa shape index (κ3) is 4.85. The highest BCUT2D eigenvalue weighted by molar-refractivity contribution is 5.78. The Kier molecular flexibility index (Phi) is 5.28. The van der Waals surface area contributed by atoms with E-state index in [-0.39, 0.29) is 5.78 Å². The second kappa shape index (κ2) is 5.71. The molecule has 0 radical (unpaired) electrons. The van der Waals surface area contributed by atoms with E-state index in [1.807, 2.05) is 6.92 Å². The van der Waals surface area contributed by atoms with E-state index in [0.29, 0.717) is 19.4 Å². The summed E-state index contributed by atoms with van der Waals surface area (Å²) in [6.07, 6.45) is 0.697. The highest BCUT2D eigenvalue weighted by Gasteiger charge is 2.15. The number of rotatable bonds is 6. The van der Waals surface area contributed by atoms with Crippen LogP contribution in [-0.4, -0.2) is 29.4 Å². The van der Waals surface area contributed by atoms with Crippen molar-refractivity contribution in [1.29, 1.82) is 0 Å². The van der Waals surface area contributed by atoms with Gasteiger partial charge in [0.2, 0.25) is 0 Å². The fourth-order valence-corrected chi connectivity index (χ4v) is 0.907. The third-order valence-electron chi connectivity index (χ3n) is 1.53. The van der Waals surface area contributed by atoms with Crippen LogP contribution in [0.4, 0.5) is 0 Å². The molecule has 0 fully saturated rings. The quantitative estimate of drug-likeness (QED) is 0.610. The number of aliphatic carboxylic acids is 1. The summed E-state index contributed by atoms with van der Waals surface area (Å²) in [7, 11) is 0. The first-order valence-electron chi connectivity index (χ1n) is 4.03. The number of likely N-dealkylation sites (N-methyl/N-ethyl adjacent to an activating group) is 1. The van der Waals surface area contributed by atoms with Crippen LogP contribution in [0.1, 0.15) is 26.7 Å². The Labute approximate surface area is 72.0 Å². The van der Waals surface area contributed by atoms with E-state index in [1.165, 1.54) is 6.92 Å². The first-order valence-corrected chi connectivity index (χ1v) is 4.03. The minimum Gasteiger partial charge on any atom is -0.480 e. The van der Waals surface area contributed by atoms with Gasteiger partial charge >= 0.3 is 5.97 Å². The molecule has 1 unspecified atom stereocenters. The Morgan fingerprint density at radius 2 is 2.08 bits per heavy atom. The molecule has 0 aliphatic heterocycles. The number of Topliss-reactive ketones (excluding diaryl/α,β-unsaturated/α-hetero) is 1. The topological polar surface area (TPSA) is 66.4 Å². The van der Waals surface area contributed by atoms with Gasteiger partial charge in [-0.2, -0.15) is 0 Å². The van der Waals surface area contributed by atoms with Crippen molar-refractivity contribution in [2.24, 2.45) is 0 Å². The number of hydrogen-bond acceptors (Lipinski definition) is 3. The number of hydrogen-bond donors (Lipinski definition) is 2. The van der Waals surface area contributed by atoms with Crippen molar-refractivity contribution in [2.75, 3.05) is 6.54 Å². The van der Waals surface area contributed by atoms with E-state index in [2.05, 4.69) is 5.32 Å². The standard InChI is InChI=1S/C8H15NO3/c1-3-9-7(8(11)12)5-4-6(2)10/h7,9H,3-5H2,1-2H3,(H,11,12). The molecule has 0 bridgehead atoms. The van der Waals surface area contributed by atoms with Crippen LogP contribution in [-0.2, 0) is 9.59 Å². The molecule has 0 saturated carbocycles. The van der Waals surface area contributed by atoms with Crippen LogP contribution in [0.2, 0.25) is 0 Å². The smallest absolute Gasteiger partial charge is 0.320 e. The molecule has 4 heteroatoms. The molecule has 0 saturated heterocycles. The zero-order valence-electron chi connectivity index (χ0n) is 7.46. The molecule has 1 atom stereocenters. The van der Waals surface area contributed by atoms with Gasteiger partial charge in [0.15, 0.2) is 0 Å². The fraction of sp³-hybridized carbons (Fsp3) is 0.750. The monoisotopic (exact) mass is 173 g/mol. The summed E-state index contributed by atoms with van der Waals surface area (Å²) in [6.45, 7) is 3.91. The van der Waals surface area contributed by atoms with E-state index < -0.39 is 12.0 Å². The van der Waals surface area contributed by atoms with Crippen molar-refractivity contribution >= 4 is 11.8 Å². The van der Waals surface area contributed by atoms with Gasteiger partial charge in [0.05, 0.1) is 0 Å². The number of carbonyl (C=O) groups excluding carboxylic acids is 1. The van der Waals surface area contributed by atoms with Gasteiger partial charge in [0.1, 0.15) is 11.8 Å². The normalized spacial score (nSPS) is 12.5. The first-order chi connectivity index (χ1) is 5.57. The molecule has 12 heavy (non-hydrogen) atoms. The van der Waals surface area contributed by atoms with E-state index in [1.54, 1.807) is 0 Å². The lowest BCUT2D eigenvalue weighted by atomic mass is 10.1. The summed E-state index contributed by atoms with van der Waals surface area (Å²) in [5.41, 5.74) is 0. The average molecular weight is 173 g/mol. The summed E-state index contributed by atoms with van der Waals surface area (Å²) in [5, 5.41) is 11.4. The van der Waals surface area contributed by atoms with Gasteiger partial charge in [-0.25, -0.2) is 0 Å². The molecule has 4 nitrogen and oxygen atoms in total. The van der Waals surface area contributed by atoms with Crippen LogP contribution in [0, 0.1) is 0 Å². The van der Waals surface area contributed by atoms with E-state index in [9.17, 15) is 9.59 Å². The predicted octanol–water partition coefficient (Wildman–Crippen LogP) is 0.418. The Balaban J connectivity index is 3.79. The van der Waals surface area contributed by atoms with Crippen LogP contribution in [0.5, 0.6) is 0 Å². The second-order valence-electron chi connectivity index (χ2n) is 2.69. The Bertz CT molecular complexity index is 168. The second-order valence-corrected chi connectivity index (χ2v) is 2.69. The van der Waals surface area contributed by atoms with Gasteiger partial charge in [0, 0.05) is 6.42 Å². The highest BCUT2D eigenvalue weighted by Crippen LogP contribution is 1.98. The van der Waals surface area contributed by atoms with Crippen LogP contribution in [0.25, 0.3) is 0 Å². The lowest BCUT2D eigenvalue weighted by Gasteiger charge is -2.11. The van der Waals surface area contributed by atoms with Gasteiger partial charge in [-0.1, -0.05) is 6.92 Å². The average Bonchev–Trinajstić information content (AvgIpc) is 1.96. The van der Waals surface area contributed by atoms with Gasteiger partial charge in [0.25, 0.3) is 0 Å². The fourth-order valence-electron chi connectivity index (χ4n) is 0.907. The number of carbonyl (C=O) groups is 2. The number of carboxylic acid groups (broad SMARTS) is 1. The molecular formula is C8H15NO3. The minimum atomic E-state index is -0.891. The molecule has 0 aliphatic rings. The summed E-state index contributed by atoms with van der Waals surface area (Å²) < 4.78 is 0. The first kappa shape index (κ1) is 11.1. The number of ketones is 1. The predicted molar refractivity (Wildman–Crippen MR) is 45.0 cm³/mol. The maximum Gasteiger partial charge on any atom is 0.320 e. The van der Waals surface area contributed by atoms with E-state index in [0.717, 1.165) is 0 Å². The number of carboxylic acids is 1. The van der Waals surface area contributed by atoms with E-state index in [4.69, 9.17) is 5.11 Å². The lowest BCUT2D eigenvalue weighted by Crippen LogP contribution is -2.36. The molecule has 0 aromatic carbocycles. The van der Waals surface area contributed by atoms with Crippen molar-refractivity contribution in [2.45, 2.75) is 32.7 Å². The molecule has 70 valence electrons. The third-order valence-corrected chi connectivity index (χ3v) is 1.53. The van der Waals surface area contributed by atoms with Crippen molar-refractivity contribution in [3.05, 3.63) is 0 Å². The summed E-state index contributed by atoms with van der Waals surface area (Å²) >= 11 is 0. The molecule has 0 aromatic heterocycles. The zero-order valence-corrected chi connectivity index (χ0v) is 7.46. The minimum absolute atomic E-state index is 0.0270. The maximum absolute atomic E-state index is 10.6.